The predicted octanol–water partition coefficient (Wildman–Crippen LogP) is 8.14. The molecule has 10 heteroatoms. The zero-order valence-corrected chi connectivity index (χ0v) is 32.8. The van der Waals surface area contributed by atoms with Gasteiger partial charge < -0.3 is 35.8 Å². The zero-order valence-electron chi connectivity index (χ0n) is 32.8. The van der Waals surface area contributed by atoms with Crippen LogP contribution in [0.5, 0.6) is 0 Å². The van der Waals surface area contributed by atoms with Crippen molar-refractivity contribution in [1.29, 1.82) is 0 Å². The van der Waals surface area contributed by atoms with Gasteiger partial charge in [-0.15, -0.1) is 0 Å². The summed E-state index contributed by atoms with van der Waals surface area (Å²) in [6.07, 6.45) is 6.87. The van der Waals surface area contributed by atoms with Gasteiger partial charge in [0.05, 0.1) is 30.2 Å². The zero-order chi connectivity index (χ0) is 39.8. The molecule has 3 atom stereocenters. The van der Waals surface area contributed by atoms with Crippen LogP contribution in [0.3, 0.4) is 0 Å². The third-order valence-corrected chi connectivity index (χ3v) is 10.3. The van der Waals surface area contributed by atoms with Gasteiger partial charge in [-0.2, -0.15) is 0 Å². The Labute approximate surface area is 336 Å². The molecule has 2 heterocycles. The Kier molecular flexibility index (Phi) is 15.4. The average Bonchev–Trinajstić information content (AvgIpc) is 3.24. The monoisotopic (exact) mass is 769 g/mol. The van der Waals surface area contributed by atoms with E-state index in [4.69, 9.17) is 15.2 Å². The first-order chi connectivity index (χ1) is 27.8. The second-order valence-electron chi connectivity index (χ2n) is 14.8. The highest BCUT2D eigenvalue weighted by molar-refractivity contribution is 5.93. The number of unbranched alkanes of at least 4 members (excludes halogenated alkanes) is 3. The number of aliphatic hydroxyl groups excluding tert-OH is 1. The fraction of sp³-hybridized carbons (Fsp3) is 0.340. The van der Waals surface area contributed by atoms with Crippen LogP contribution in [0.2, 0.25) is 0 Å². The third-order valence-electron chi connectivity index (χ3n) is 10.3. The molecule has 0 aliphatic carbocycles. The number of nitrogens with one attached hydrogen (secondary N) is 2. The van der Waals surface area contributed by atoms with Crippen LogP contribution in [0.1, 0.15) is 85.3 Å². The second-order valence-corrected chi connectivity index (χ2v) is 14.8. The Morgan fingerprint density at radius 3 is 2.26 bits per heavy atom. The molecule has 2 amide bonds. The van der Waals surface area contributed by atoms with Gasteiger partial charge in [-0.1, -0.05) is 97.8 Å². The van der Waals surface area contributed by atoms with Crippen molar-refractivity contribution in [3.63, 3.8) is 0 Å². The number of amides is 2. The van der Waals surface area contributed by atoms with E-state index in [1.807, 2.05) is 66.9 Å². The van der Waals surface area contributed by atoms with E-state index in [0.717, 1.165) is 90.7 Å². The second kappa shape index (κ2) is 21.2. The minimum absolute atomic E-state index is 0.00329. The lowest BCUT2D eigenvalue weighted by atomic mass is 9.99. The van der Waals surface area contributed by atoms with Crippen LogP contribution in [0.25, 0.3) is 11.1 Å². The van der Waals surface area contributed by atoms with Crippen LogP contribution < -0.4 is 16.4 Å². The highest BCUT2D eigenvalue weighted by atomic mass is 16.7. The summed E-state index contributed by atoms with van der Waals surface area (Å²) in [6.45, 7) is 2.08. The van der Waals surface area contributed by atoms with Gasteiger partial charge in [0.15, 0.2) is 6.29 Å². The van der Waals surface area contributed by atoms with E-state index in [-0.39, 0.29) is 30.6 Å². The van der Waals surface area contributed by atoms with Crippen molar-refractivity contribution in [2.24, 2.45) is 0 Å². The van der Waals surface area contributed by atoms with Crippen LogP contribution in [0, 0.1) is 0 Å². The fourth-order valence-electron chi connectivity index (χ4n) is 7.05. The van der Waals surface area contributed by atoms with Gasteiger partial charge in [-0.25, -0.2) is 0 Å². The SMILES string of the molecule is CN(CCc1ccccn1)C[C@@H]1C[C@H](c2ccc(CO)cc2)O[C@H](c2ccc(-c3cccc(CNC(=O)CCCCCCC(=O)Nc4ccccc4N)c3)cc2)O1. The molecule has 298 valence electrons. The summed E-state index contributed by atoms with van der Waals surface area (Å²) < 4.78 is 13.2. The van der Waals surface area contributed by atoms with E-state index in [9.17, 15) is 14.7 Å². The van der Waals surface area contributed by atoms with E-state index in [2.05, 4.69) is 70.0 Å². The lowest BCUT2D eigenvalue weighted by molar-refractivity contribution is -0.252. The number of carbonyl (C=O) groups is 2. The first kappa shape index (κ1) is 41.2. The van der Waals surface area contributed by atoms with Gasteiger partial charge in [0.2, 0.25) is 11.8 Å². The maximum Gasteiger partial charge on any atom is 0.224 e. The van der Waals surface area contributed by atoms with E-state index in [1.54, 1.807) is 12.1 Å². The molecular weight excluding hydrogens is 715 g/mol. The molecular formula is C47H55N5O5. The van der Waals surface area contributed by atoms with Crippen molar-refractivity contribution in [2.45, 2.75) is 83.0 Å². The topological polar surface area (TPSA) is 139 Å². The Morgan fingerprint density at radius 1 is 0.789 bits per heavy atom. The number of rotatable bonds is 19. The number of carbonyl (C=O) groups excluding carboxylic acids is 2. The predicted molar refractivity (Wildman–Crippen MR) is 225 cm³/mol. The molecule has 1 aliphatic rings. The van der Waals surface area contributed by atoms with Gasteiger partial charge in [-0.05, 0) is 78.0 Å². The summed E-state index contributed by atoms with van der Waals surface area (Å²) in [5, 5.41) is 15.5. The highest BCUT2D eigenvalue weighted by Gasteiger charge is 2.32. The Hall–Kier alpha value is -5.39. The summed E-state index contributed by atoms with van der Waals surface area (Å²) in [4.78, 5) is 31.6. The van der Waals surface area contributed by atoms with Crippen LogP contribution in [-0.4, -0.2) is 53.0 Å². The van der Waals surface area contributed by atoms with E-state index in [0.29, 0.717) is 30.8 Å². The molecule has 0 radical (unpaired) electrons. The standard InChI is InChI=1S/C47H55N5O5/c1-52(28-26-40-13-8-9-27-49-40)32-41-30-44(37-20-18-34(33-53)19-21-37)57-47(56-41)38-24-22-36(23-25-38)39-12-10-11-35(29-39)31-50-45(54)16-4-2-3-5-17-46(55)51-43-15-7-6-14-42(43)48/h6-15,18-25,27,29,41,44,47,53H,2-5,16-17,26,28,30-33,48H2,1H3,(H,50,54)(H,51,55)/t41-,44+,47+/m0/s1. The smallest absolute Gasteiger partial charge is 0.224 e. The number of likely N-dealkylation sites (N-methyl/N-ethyl adjacent to an activating group) is 1. The molecule has 5 N–H and O–H groups in total. The number of hydrogen-bond donors (Lipinski definition) is 4. The lowest BCUT2D eigenvalue weighted by Crippen LogP contribution is -2.38. The molecule has 4 aromatic carbocycles. The molecule has 1 fully saturated rings. The summed E-state index contributed by atoms with van der Waals surface area (Å²) in [5.74, 6) is -0.0251. The van der Waals surface area contributed by atoms with E-state index in [1.165, 1.54) is 0 Å². The number of aromatic nitrogens is 1. The number of para-hydroxylation sites is 2. The van der Waals surface area contributed by atoms with Gasteiger partial charge in [0.1, 0.15) is 0 Å². The molecule has 0 unspecified atom stereocenters. The van der Waals surface area contributed by atoms with Crippen molar-refractivity contribution < 1.29 is 24.2 Å². The molecule has 0 spiro atoms. The van der Waals surface area contributed by atoms with E-state index >= 15 is 0 Å². The number of hydrogen-bond acceptors (Lipinski definition) is 8. The van der Waals surface area contributed by atoms with Crippen molar-refractivity contribution in [1.82, 2.24) is 15.2 Å². The fourth-order valence-corrected chi connectivity index (χ4v) is 7.05. The minimum Gasteiger partial charge on any atom is -0.397 e. The van der Waals surface area contributed by atoms with Gasteiger partial charge in [-0.3, -0.25) is 14.6 Å². The maximum absolute atomic E-state index is 12.6. The van der Waals surface area contributed by atoms with Crippen LogP contribution in [0.15, 0.2) is 121 Å². The first-order valence-corrected chi connectivity index (χ1v) is 20.0. The van der Waals surface area contributed by atoms with Crippen molar-refractivity contribution >= 4 is 23.2 Å². The van der Waals surface area contributed by atoms with Crippen molar-refractivity contribution in [3.05, 3.63) is 149 Å². The molecule has 5 aromatic rings. The molecule has 0 saturated carbocycles. The van der Waals surface area contributed by atoms with Crippen LogP contribution >= 0.6 is 0 Å². The molecule has 1 aromatic heterocycles. The van der Waals surface area contributed by atoms with E-state index < -0.39 is 6.29 Å². The number of nitrogens with two attached hydrogens (primary N) is 1. The summed E-state index contributed by atoms with van der Waals surface area (Å²) in [5.41, 5.74) is 14.2. The Balaban J connectivity index is 0.980. The quantitative estimate of drug-likeness (QED) is 0.0488. The molecule has 10 nitrogen and oxygen atoms in total. The Bertz CT molecular complexity index is 2010. The number of anilines is 2. The summed E-state index contributed by atoms with van der Waals surface area (Å²) >= 11 is 0. The largest absolute Gasteiger partial charge is 0.397 e. The van der Waals surface area contributed by atoms with Crippen LogP contribution in [-0.2, 0) is 38.6 Å². The molecule has 6 rings (SSSR count). The van der Waals surface area contributed by atoms with Gasteiger partial charge in [0, 0.05) is 62.8 Å². The number of nitrogens with zero attached hydrogens (tertiary/aromatic N) is 2. The minimum atomic E-state index is -0.537. The van der Waals surface area contributed by atoms with Crippen molar-refractivity contribution in [3.8, 4) is 11.1 Å². The van der Waals surface area contributed by atoms with Crippen molar-refractivity contribution in [2.75, 3.05) is 31.2 Å². The normalized spacial score (nSPS) is 16.6. The highest BCUT2D eigenvalue weighted by Crippen LogP contribution is 2.38. The number of nitrogen functional groups attached to an aromatic ring is 1. The average molecular weight is 770 g/mol. The lowest BCUT2D eigenvalue weighted by Gasteiger charge is -2.38. The summed E-state index contributed by atoms with van der Waals surface area (Å²) in [7, 11) is 2.12. The summed E-state index contributed by atoms with van der Waals surface area (Å²) in [6, 6.07) is 37.8. The van der Waals surface area contributed by atoms with Gasteiger partial charge in [0.25, 0.3) is 0 Å². The first-order valence-electron chi connectivity index (χ1n) is 20.0. The maximum atomic E-state index is 12.6. The Morgan fingerprint density at radius 2 is 1.53 bits per heavy atom. The number of pyridine rings is 1. The number of aliphatic hydroxyl groups is 1. The number of ether oxygens (including phenoxy) is 2. The van der Waals surface area contributed by atoms with Gasteiger partial charge >= 0.3 is 0 Å². The number of benzene rings is 4. The molecule has 1 saturated heterocycles. The molecule has 1 aliphatic heterocycles. The molecule has 0 bridgehead atoms. The van der Waals surface area contributed by atoms with Crippen LogP contribution in [0.4, 0.5) is 11.4 Å². The molecule has 57 heavy (non-hydrogen) atoms. The third kappa shape index (κ3) is 12.8.